The number of anilines is 1. The van der Waals surface area contributed by atoms with E-state index in [4.69, 9.17) is 4.74 Å². The molecule has 1 aromatic heterocycles. The molecule has 4 rings (SSSR count). The highest BCUT2D eigenvalue weighted by Gasteiger charge is 2.48. The van der Waals surface area contributed by atoms with Gasteiger partial charge in [0.25, 0.3) is 5.91 Å². The van der Waals surface area contributed by atoms with E-state index in [1.54, 1.807) is 11.0 Å². The van der Waals surface area contributed by atoms with Crippen LogP contribution in [0.4, 0.5) is 19.0 Å². The minimum Gasteiger partial charge on any atom is -0.368 e. The van der Waals surface area contributed by atoms with Crippen molar-refractivity contribution < 1.29 is 22.7 Å². The molecule has 2 fully saturated rings. The highest BCUT2D eigenvalue weighted by atomic mass is 19.4. The average Bonchev–Trinajstić information content (AvgIpc) is 3.37. The minimum atomic E-state index is -4.36. The maximum absolute atomic E-state index is 13.8. The van der Waals surface area contributed by atoms with Crippen LogP contribution in [0.25, 0.3) is 0 Å². The highest BCUT2D eigenvalue weighted by molar-refractivity contribution is 5.81. The van der Waals surface area contributed by atoms with Crippen molar-refractivity contribution in [3.8, 4) is 0 Å². The number of aromatic nitrogens is 2. The molecule has 0 aromatic carbocycles. The fourth-order valence-electron chi connectivity index (χ4n) is 4.54. The molecule has 3 aliphatic rings. The number of rotatable bonds is 2. The van der Waals surface area contributed by atoms with Gasteiger partial charge < -0.3 is 15.0 Å². The Morgan fingerprint density at radius 1 is 1.28 bits per heavy atom. The number of likely N-dealkylation sites (tertiary alicyclic amines) is 1. The van der Waals surface area contributed by atoms with E-state index in [1.165, 1.54) is 0 Å². The molecule has 0 bridgehead atoms. The van der Waals surface area contributed by atoms with Gasteiger partial charge in [-0.15, -0.1) is 0 Å². The highest BCUT2D eigenvalue weighted by Crippen LogP contribution is 2.44. The van der Waals surface area contributed by atoms with Crippen LogP contribution in [0.15, 0.2) is 6.07 Å². The van der Waals surface area contributed by atoms with Crippen molar-refractivity contribution in [2.24, 2.45) is 5.41 Å². The van der Waals surface area contributed by atoms with Crippen molar-refractivity contribution in [1.82, 2.24) is 14.7 Å². The van der Waals surface area contributed by atoms with Crippen LogP contribution in [0, 0.1) is 5.41 Å². The van der Waals surface area contributed by atoms with Gasteiger partial charge in [0.05, 0.1) is 5.69 Å². The Kier molecular flexibility index (Phi) is 5.07. The molecule has 0 spiro atoms. The summed E-state index contributed by atoms with van der Waals surface area (Å²) in [6.07, 6.45) is -2.44. The Labute approximate surface area is 168 Å². The number of alkyl halides is 3. The molecule has 0 aliphatic carbocycles. The first kappa shape index (κ1) is 20.5. The van der Waals surface area contributed by atoms with Crippen molar-refractivity contribution in [2.75, 3.05) is 25.0 Å². The van der Waals surface area contributed by atoms with Gasteiger partial charge in [-0.3, -0.25) is 4.79 Å². The molecule has 162 valence electrons. The second-order valence-electron chi connectivity index (χ2n) is 9.53. The van der Waals surface area contributed by atoms with Gasteiger partial charge in [0, 0.05) is 37.7 Å². The molecule has 9 heteroatoms. The van der Waals surface area contributed by atoms with Crippen LogP contribution >= 0.6 is 0 Å². The summed E-state index contributed by atoms with van der Waals surface area (Å²) in [5.74, 6) is 0.354. The molecule has 4 atom stereocenters. The van der Waals surface area contributed by atoms with Gasteiger partial charge in [0.1, 0.15) is 11.9 Å². The second-order valence-corrected chi connectivity index (χ2v) is 9.53. The number of nitrogens with zero attached hydrogens (tertiary/aromatic N) is 3. The van der Waals surface area contributed by atoms with Gasteiger partial charge in [0.2, 0.25) is 0 Å². The molecule has 4 unspecified atom stereocenters. The summed E-state index contributed by atoms with van der Waals surface area (Å²) in [5.41, 5.74) is 0.316. The quantitative estimate of drug-likeness (QED) is 0.802. The van der Waals surface area contributed by atoms with Gasteiger partial charge in [-0.25, -0.2) is 4.68 Å². The van der Waals surface area contributed by atoms with E-state index in [2.05, 4.69) is 10.4 Å². The van der Waals surface area contributed by atoms with Crippen LogP contribution in [0.1, 0.15) is 64.1 Å². The Morgan fingerprint density at radius 3 is 2.66 bits per heavy atom. The Balaban J connectivity index is 1.54. The van der Waals surface area contributed by atoms with E-state index in [0.29, 0.717) is 37.6 Å². The number of halogens is 3. The zero-order valence-corrected chi connectivity index (χ0v) is 17.1. The Morgan fingerprint density at radius 2 is 2.03 bits per heavy atom. The van der Waals surface area contributed by atoms with Gasteiger partial charge >= 0.3 is 6.18 Å². The monoisotopic (exact) mass is 414 g/mol. The summed E-state index contributed by atoms with van der Waals surface area (Å²) in [6, 6.07) is -0.198. The maximum Gasteiger partial charge on any atom is 0.410 e. The number of hydrogen-bond donors (Lipinski definition) is 1. The third kappa shape index (κ3) is 3.98. The Hall–Kier alpha value is -1.77. The first-order valence-electron chi connectivity index (χ1n) is 10.4. The van der Waals surface area contributed by atoms with Gasteiger partial charge in [0.15, 0.2) is 6.04 Å². The van der Waals surface area contributed by atoms with Gasteiger partial charge in [-0.05, 0) is 31.1 Å². The molecule has 0 radical (unpaired) electrons. The first-order valence-corrected chi connectivity index (χ1v) is 10.4. The molecule has 1 amide bonds. The van der Waals surface area contributed by atoms with Crippen molar-refractivity contribution in [1.29, 1.82) is 0 Å². The van der Waals surface area contributed by atoms with Crippen molar-refractivity contribution >= 4 is 11.7 Å². The second kappa shape index (κ2) is 7.18. The summed E-state index contributed by atoms with van der Waals surface area (Å²) in [6.45, 7) is 7.51. The van der Waals surface area contributed by atoms with Crippen molar-refractivity contribution in [2.45, 2.75) is 76.7 Å². The predicted molar refractivity (Wildman–Crippen MR) is 102 cm³/mol. The van der Waals surface area contributed by atoms with Gasteiger partial charge in [-0.2, -0.15) is 18.3 Å². The number of carbonyl (C=O) groups is 1. The Bertz CT molecular complexity index is 765. The fourth-order valence-corrected chi connectivity index (χ4v) is 4.54. The molecule has 2 saturated heterocycles. The molecule has 1 aromatic rings. The fraction of sp³-hybridized carbons (Fsp3) is 0.800. The molecule has 4 heterocycles. The summed E-state index contributed by atoms with van der Waals surface area (Å²) < 4.78 is 47.8. The largest absolute Gasteiger partial charge is 0.410 e. The number of amides is 1. The number of hydrogen-bond acceptors (Lipinski definition) is 4. The van der Waals surface area contributed by atoms with Gasteiger partial charge in [-0.1, -0.05) is 20.8 Å². The van der Waals surface area contributed by atoms with E-state index in [1.807, 2.05) is 20.8 Å². The summed E-state index contributed by atoms with van der Waals surface area (Å²) in [5, 5.41) is 7.61. The number of ether oxygens (including phenoxy) is 1. The average molecular weight is 414 g/mol. The lowest BCUT2D eigenvalue weighted by Gasteiger charge is -2.39. The lowest BCUT2D eigenvalue weighted by atomic mass is 9.82. The minimum absolute atomic E-state index is 0.00642. The molecular weight excluding hydrogens is 385 g/mol. The molecule has 3 aliphatic heterocycles. The zero-order chi connectivity index (χ0) is 21.0. The van der Waals surface area contributed by atoms with E-state index in [-0.39, 0.29) is 35.8 Å². The smallest absolute Gasteiger partial charge is 0.368 e. The zero-order valence-electron chi connectivity index (χ0n) is 17.1. The van der Waals surface area contributed by atoms with Crippen LogP contribution in [0.3, 0.4) is 0 Å². The topological polar surface area (TPSA) is 59.4 Å². The third-order valence-electron chi connectivity index (χ3n) is 6.38. The van der Waals surface area contributed by atoms with E-state index in [0.717, 1.165) is 17.5 Å². The summed E-state index contributed by atoms with van der Waals surface area (Å²) in [4.78, 5) is 14.3. The van der Waals surface area contributed by atoms with E-state index < -0.39 is 12.2 Å². The summed E-state index contributed by atoms with van der Waals surface area (Å²) >= 11 is 0. The molecule has 29 heavy (non-hydrogen) atoms. The van der Waals surface area contributed by atoms with Crippen molar-refractivity contribution in [3.63, 3.8) is 0 Å². The molecular formula is C20H29F3N4O2. The van der Waals surface area contributed by atoms with Crippen molar-refractivity contribution in [3.05, 3.63) is 11.8 Å². The molecule has 1 N–H and O–H groups in total. The van der Waals surface area contributed by atoms with E-state index >= 15 is 0 Å². The third-order valence-corrected chi connectivity index (χ3v) is 6.38. The van der Waals surface area contributed by atoms with Crippen LogP contribution in [-0.2, 0) is 9.53 Å². The first-order chi connectivity index (χ1) is 13.5. The number of fused-ring (bicyclic) bond motifs is 1. The van der Waals surface area contributed by atoms with E-state index in [9.17, 15) is 18.0 Å². The standard InChI is InChI=1S/C20H29F3N4O2/c1-19(2,3)15-10-16(20(21,22)23)27-17(24-15)9-13(25-27)12-6-7-26(11-12)18(28)14-5-4-8-29-14/h9,12,14-16,24H,4-8,10-11H2,1-3H3. The summed E-state index contributed by atoms with van der Waals surface area (Å²) in [7, 11) is 0. The number of carbonyl (C=O) groups excluding carboxylic acids is 1. The van der Waals surface area contributed by atoms with Crippen LogP contribution in [0.5, 0.6) is 0 Å². The normalized spacial score (nSPS) is 30.3. The lowest BCUT2D eigenvalue weighted by molar-refractivity contribution is -0.175. The molecule has 0 saturated carbocycles. The SMILES string of the molecule is CC(C)(C)C1CC(C(F)(F)F)n2nc(C3CCN(C(=O)C4CCCO4)C3)cc2N1. The van der Waals surface area contributed by atoms with Crippen LogP contribution < -0.4 is 5.32 Å². The van der Waals surface area contributed by atoms with Crippen LogP contribution in [0.2, 0.25) is 0 Å². The predicted octanol–water partition coefficient (Wildman–Crippen LogP) is 3.71. The molecule has 6 nitrogen and oxygen atoms in total. The lowest BCUT2D eigenvalue weighted by Crippen LogP contribution is -2.44. The number of nitrogens with one attached hydrogen (secondary N) is 1. The maximum atomic E-state index is 13.8. The van der Waals surface area contributed by atoms with Crippen LogP contribution in [-0.4, -0.2) is 58.6 Å².